The van der Waals surface area contributed by atoms with E-state index in [1.807, 2.05) is 11.3 Å². The first-order chi connectivity index (χ1) is 8.81. The lowest BCUT2D eigenvalue weighted by atomic mass is 10.1. The third-order valence-corrected chi connectivity index (χ3v) is 4.41. The van der Waals surface area contributed by atoms with Gasteiger partial charge in [0.15, 0.2) is 5.13 Å². The quantitative estimate of drug-likeness (QED) is 0.829. The SMILES string of the molecule is CCNCC=Cc1sc(N2CCCCC2)nc1C. The molecule has 0 amide bonds. The number of nitrogens with zero attached hydrogens (tertiary/aromatic N) is 2. The van der Waals surface area contributed by atoms with Crippen molar-refractivity contribution in [3.05, 3.63) is 16.6 Å². The molecule has 2 heterocycles. The number of aryl methyl sites for hydroxylation is 1. The Morgan fingerprint density at radius 2 is 2.11 bits per heavy atom. The van der Waals surface area contributed by atoms with Crippen LogP contribution in [-0.4, -0.2) is 31.2 Å². The summed E-state index contributed by atoms with van der Waals surface area (Å²) in [6.07, 6.45) is 8.37. The Balaban J connectivity index is 1.99. The molecule has 1 saturated heterocycles. The van der Waals surface area contributed by atoms with Gasteiger partial charge in [0.2, 0.25) is 0 Å². The first-order valence-electron chi connectivity index (χ1n) is 6.91. The molecule has 0 radical (unpaired) electrons. The highest BCUT2D eigenvalue weighted by molar-refractivity contribution is 7.16. The lowest BCUT2D eigenvalue weighted by Gasteiger charge is -2.25. The smallest absolute Gasteiger partial charge is 0.186 e. The lowest BCUT2D eigenvalue weighted by Crippen LogP contribution is -2.29. The van der Waals surface area contributed by atoms with E-state index in [4.69, 9.17) is 4.98 Å². The number of aromatic nitrogens is 1. The van der Waals surface area contributed by atoms with Gasteiger partial charge in [0.1, 0.15) is 0 Å². The van der Waals surface area contributed by atoms with Crippen LogP contribution in [0.15, 0.2) is 6.08 Å². The van der Waals surface area contributed by atoms with Crippen LogP contribution in [0.25, 0.3) is 6.08 Å². The third-order valence-electron chi connectivity index (χ3n) is 3.23. The van der Waals surface area contributed by atoms with Crippen LogP contribution < -0.4 is 10.2 Å². The number of thiazole rings is 1. The van der Waals surface area contributed by atoms with Gasteiger partial charge in [-0.15, -0.1) is 0 Å². The summed E-state index contributed by atoms with van der Waals surface area (Å²) in [5, 5.41) is 4.50. The molecule has 18 heavy (non-hydrogen) atoms. The molecule has 3 nitrogen and oxygen atoms in total. The van der Waals surface area contributed by atoms with Crippen LogP contribution in [0.5, 0.6) is 0 Å². The fraction of sp³-hybridized carbons (Fsp3) is 0.643. The van der Waals surface area contributed by atoms with Gasteiger partial charge in [-0.25, -0.2) is 4.98 Å². The number of anilines is 1. The summed E-state index contributed by atoms with van der Waals surface area (Å²) in [4.78, 5) is 8.44. The fourth-order valence-electron chi connectivity index (χ4n) is 2.16. The molecule has 0 saturated carbocycles. The molecule has 1 aromatic heterocycles. The predicted molar refractivity (Wildman–Crippen MR) is 80.5 cm³/mol. The van der Waals surface area contributed by atoms with Crippen molar-refractivity contribution in [2.75, 3.05) is 31.1 Å². The van der Waals surface area contributed by atoms with Crippen LogP contribution in [0.1, 0.15) is 36.8 Å². The molecule has 2 rings (SSSR count). The molecular weight excluding hydrogens is 242 g/mol. The first kappa shape index (κ1) is 13.6. The molecule has 1 N–H and O–H groups in total. The van der Waals surface area contributed by atoms with Crippen molar-refractivity contribution in [2.45, 2.75) is 33.1 Å². The van der Waals surface area contributed by atoms with Gasteiger partial charge in [0.25, 0.3) is 0 Å². The Kier molecular flexibility index (Phi) is 5.20. The van der Waals surface area contributed by atoms with Gasteiger partial charge in [-0.05, 0) is 38.8 Å². The van der Waals surface area contributed by atoms with Crippen molar-refractivity contribution in [3.8, 4) is 0 Å². The Labute approximate surface area is 114 Å². The second-order valence-electron chi connectivity index (χ2n) is 4.70. The normalized spacial score (nSPS) is 16.7. The van der Waals surface area contributed by atoms with E-state index in [-0.39, 0.29) is 0 Å². The van der Waals surface area contributed by atoms with Crippen LogP contribution in [0, 0.1) is 6.92 Å². The minimum atomic E-state index is 0.937. The number of hydrogen-bond acceptors (Lipinski definition) is 4. The van der Waals surface area contributed by atoms with Gasteiger partial charge in [-0.1, -0.05) is 24.3 Å². The van der Waals surface area contributed by atoms with Crippen LogP contribution in [0.3, 0.4) is 0 Å². The Morgan fingerprint density at radius 3 is 2.83 bits per heavy atom. The molecule has 1 aromatic rings. The molecule has 1 aliphatic heterocycles. The van der Waals surface area contributed by atoms with E-state index < -0.39 is 0 Å². The summed E-state index contributed by atoms with van der Waals surface area (Å²) in [6.45, 7) is 8.54. The van der Waals surface area contributed by atoms with Gasteiger partial charge in [-0.2, -0.15) is 0 Å². The van der Waals surface area contributed by atoms with Gasteiger partial charge < -0.3 is 10.2 Å². The molecular formula is C14H23N3S. The van der Waals surface area contributed by atoms with E-state index in [2.05, 4.69) is 36.2 Å². The summed E-state index contributed by atoms with van der Waals surface area (Å²) in [6, 6.07) is 0. The molecule has 1 fully saturated rings. The van der Waals surface area contributed by atoms with Crippen molar-refractivity contribution in [1.82, 2.24) is 10.3 Å². The largest absolute Gasteiger partial charge is 0.348 e. The zero-order chi connectivity index (χ0) is 12.8. The molecule has 1 aliphatic rings. The number of nitrogens with one attached hydrogen (secondary N) is 1. The number of piperidine rings is 1. The van der Waals surface area contributed by atoms with E-state index in [9.17, 15) is 0 Å². The minimum absolute atomic E-state index is 0.937. The van der Waals surface area contributed by atoms with E-state index in [0.717, 1.165) is 18.8 Å². The van der Waals surface area contributed by atoms with E-state index in [0.29, 0.717) is 0 Å². The topological polar surface area (TPSA) is 28.2 Å². The highest BCUT2D eigenvalue weighted by Crippen LogP contribution is 2.28. The monoisotopic (exact) mass is 265 g/mol. The number of likely N-dealkylation sites (N-methyl/N-ethyl adjacent to an activating group) is 1. The van der Waals surface area contributed by atoms with Gasteiger partial charge in [0, 0.05) is 19.6 Å². The molecule has 100 valence electrons. The van der Waals surface area contributed by atoms with E-state index in [1.165, 1.54) is 42.4 Å². The maximum Gasteiger partial charge on any atom is 0.186 e. The van der Waals surface area contributed by atoms with Gasteiger partial charge >= 0.3 is 0 Å². The fourth-order valence-corrected chi connectivity index (χ4v) is 3.21. The van der Waals surface area contributed by atoms with Crippen molar-refractivity contribution < 1.29 is 0 Å². The Morgan fingerprint density at radius 1 is 1.33 bits per heavy atom. The second-order valence-corrected chi connectivity index (χ2v) is 5.71. The Bertz CT molecular complexity index is 392. The molecule has 0 aromatic carbocycles. The Hall–Kier alpha value is -0.870. The number of hydrogen-bond donors (Lipinski definition) is 1. The molecule has 0 spiro atoms. The third kappa shape index (κ3) is 3.56. The van der Waals surface area contributed by atoms with Crippen molar-refractivity contribution in [2.24, 2.45) is 0 Å². The molecule has 0 unspecified atom stereocenters. The second kappa shape index (κ2) is 6.90. The summed E-state index contributed by atoms with van der Waals surface area (Å²) < 4.78 is 0. The van der Waals surface area contributed by atoms with Crippen LogP contribution in [-0.2, 0) is 0 Å². The van der Waals surface area contributed by atoms with Gasteiger partial charge in [0.05, 0.1) is 10.6 Å². The van der Waals surface area contributed by atoms with Crippen LogP contribution >= 0.6 is 11.3 Å². The molecule has 0 aliphatic carbocycles. The highest BCUT2D eigenvalue weighted by Gasteiger charge is 2.15. The van der Waals surface area contributed by atoms with Crippen molar-refractivity contribution in [3.63, 3.8) is 0 Å². The zero-order valence-corrected chi connectivity index (χ0v) is 12.2. The van der Waals surface area contributed by atoms with E-state index in [1.54, 1.807) is 0 Å². The lowest BCUT2D eigenvalue weighted by molar-refractivity contribution is 0.576. The van der Waals surface area contributed by atoms with Crippen LogP contribution in [0.2, 0.25) is 0 Å². The maximum atomic E-state index is 4.71. The molecule has 0 atom stereocenters. The average Bonchev–Trinajstić information content (AvgIpc) is 2.77. The maximum absolute atomic E-state index is 4.71. The minimum Gasteiger partial charge on any atom is -0.348 e. The summed E-state index contributed by atoms with van der Waals surface area (Å²) in [7, 11) is 0. The predicted octanol–water partition coefficient (Wildman–Crippen LogP) is 3.06. The van der Waals surface area contributed by atoms with E-state index >= 15 is 0 Å². The van der Waals surface area contributed by atoms with Gasteiger partial charge in [-0.3, -0.25) is 0 Å². The summed E-state index contributed by atoms with van der Waals surface area (Å²) in [5.41, 5.74) is 1.16. The first-order valence-corrected chi connectivity index (χ1v) is 7.72. The van der Waals surface area contributed by atoms with Crippen molar-refractivity contribution >= 4 is 22.5 Å². The standard InChI is InChI=1S/C14H23N3S/c1-3-15-9-7-8-13-12(2)16-14(18-13)17-10-5-4-6-11-17/h7-8,15H,3-6,9-11H2,1-2H3. The zero-order valence-electron chi connectivity index (χ0n) is 11.4. The molecule has 0 bridgehead atoms. The van der Waals surface area contributed by atoms with Crippen LogP contribution in [0.4, 0.5) is 5.13 Å². The number of rotatable bonds is 5. The summed E-state index contributed by atoms with van der Waals surface area (Å²) >= 11 is 1.82. The summed E-state index contributed by atoms with van der Waals surface area (Å²) in [5.74, 6) is 0. The molecule has 4 heteroatoms. The highest BCUT2D eigenvalue weighted by atomic mass is 32.1. The average molecular weight is 265 g/mol. The van der Waals surface area contributed by atoms with Crippen molar-refractivity contribution in [1.29, 1.82) is 0 Å².